The smallest absolute Gasteiger partial charge is 0.305 e. The number of hydrogen-bond acceptors (Lipinski definition) is 3. The molecule has 90 valence electrons. The second-order valence-corrected chi connectivity index (χ2v) is 5.04. The summed E-state index contributed by atoms with van der Waals surface area (Å²) in [4.78, 5) is 24.7. The Bertz CT molecular complexity index is 478. The van der Waals surface area contributed by atoms with Crippen LogP contribution in [0.15, 0.2) is 23.1 Å². The van der Waals surface area contributed by atoms with E-state index in [0.717, 1.165) is 10.6 Å². The molecule has 0 aliphatic carbocycles. The van der Waals surface area contributed by atoms with Crippen LogP contribution in [-0.2, 0) is 9.59 Å². The Hall–Kier alpha value is -1.20. The number of benzene rings is 1. The molecule has 0 aromatic heterocycles. The second-order valence-electron chi connectivity index (χ2n) is 3.59. The van der Waals surface area contributed by atoms with E-state index in [1.54, 1.807) is 18.2 Å². The van der Waals surface area contributed by atoms with Gasteiger partial charge in [0.25, 0.3) is 0 Å². The summed E-state index contributed by atoms with van der Waals surface area (Å²) in [7, 11) is 0. The lowest BCUT2D eigenvalue weighted by molar-refractivity contribution is -0.136. The zero-order valence-electron chi connectivity index (χ0n) is 8.85. The maximum atomic E-state index is 11.7. The molecule has 0 saturated heterocycles. The average molecular weight is 272 g/mol. The molecular formula is C11H10ClNO3S. The molecule has 0 bridgehead atoms. The van der Waals surface area contributed by atoms with E-state index >= 15 is 0 Å². The van der Waals surface area contributed by atoms with Crippen molar-refractivity contribution in [1.29, 1.82) is 0 Å². The Morgan fingerprint density at radius 2 is 2.29 bits per heavy atom. The van der Waals surface area contributed by atoms with Gasteiger partial charge < -0.3 is 10.0 Å². The van der Waals surface area contributed by atoms with Crippen LogP contribution in [0.5, 0.6) is 0 Å². The molecule has 1 heterocycles. The van der Waals surface area contributed by atoms with Gasteiger partial charge in [-0.3, -0.25) is 9.59 Å². The van der Waals surface area contributed by atoms with Gasteiger partial charge in [-0.15, -0.1) is 11.8 Å². The zero-order chi connectivity index (χ0) is 12.4. The van der Waals surface area contributed by atoms with E-state index in [1.165, 1.54) is 16.7 Å². The van der Waals surface area contributed by atoms with E-state index in [2.05, 4.69) is 0 Å². The van der Waals surface area contributed by atoms with Gasteiger partial charge in [0.05, 0.1) is 17.9 Å². The highest BCUT2D eigenvalue weighted by Crippen LogP contribution is 2.36. The van der Waals surface area contributed by atoms with Crippen molar-refractivity contribution < 1.29 is 14.7 Å². The molecule has 6 heteroatoms. The summed E-state index contributed by atoms with van der Waals surface area (Å²) in [6, 6.07) is 5.25. The summed E-state index contributed by atoms with van der Waals surface area (Å²) in [6.07, 6.45) is -0.0571. The molecule has 1 aromatic carbocycles. The number of amides is 1. The zero-order valence-corrected chi connectivity index (χ0v) is 10.4. The lowest BCUT2D eigenvalue weighted by Crippen LogP contribution is -2.36. The van der Waals surface area contributed by atoms with Crippen molar-refractivity contribution in [3.63, 3.8) is 0 Å². The predicted octanol–water partition coefficient (Wildman–Crippen LogP) is 2.25. The van der Waals surface area contributed by atoms with Crippen LogP contribution < -0.4 is 4.90 Å². The number of carboxylic acids is 1. The second kappa shape index (κ2) is 4.98. The van der Waals surface area contributed by atoms with Gasteiger partial charge in [-0.1, -0.05) is 11.6 Å². The minimum absolute atomic E-state index is 0.0571. The quantitative estimate of drug-likeness (QED) is 0.916. The third kappa shape index (κ3) is 2.73. The van der Waals surface area contributed by atoms with Crippen LogP contribution in [0.3, 0.4) is 0 Å². The fourth-order valence-corrected chi connectivity index (χ4v) is 2.84. The standard InChI is InChI=1S/C11H10ClNO3S/c12-7-1-2-8-9(5-7)17-6-10(14)13(8)4-3-11(15)16/h1-2,5H,3-4,6H2,(H,15,16). The van der Waals surface area contributed by atoms with E-state index in [9.17, 15) is 9.59 Å². The van der Waals surface area contributed by atoms with Crippen LogP contribution in [0.1, 0.15) is 6.42 Å². The summed E-state index contributed by atoms with van der Waals surface area (Å²) in [6.45, 7) is 0.198. The van der Waals surface area contributed by atoms with Crippen LogP contribution >= 0.6 is 23.4 Å². The number of halogens is 1. The first kappa shape index (κ1) is 12.3. The van der Waals surface area contributed by atoms with Gasteiger partial charge in [0, 0.05) is 16.5 Å². The molecule has 0 fully saturated rings. The molecule has 4 nitrogen and oxygen atoms in total. The first-order valence-corrected chi connectivity index (χ1v) is 6.39. The maximum absolute atomic E-state index is 11.7. The van der Waals surface area contributed by atoms with Gasteiger partial charge in [0.1, 0.15) is 0 Å². The van der Waals surface area contributed by atoms with E-state index < -0.39 is 5.97 Å². The summed E-state index contributed by atoms with van der Waals surface area (Å²) < 4.78 is 0. The molecule has 1 N–H and O–H groups in total. The lowest BCUT2D eigenvalue weighted by atomic mass is 10.2. The third-order valence-corrected chi connectivity index (χ3v) is 3.68. The number of anilines is 1. The van der Waals surface area contributed by atoms with Gasteiger partial charge in [-0.25, -0.2) is 0 Å². The number of rotatable bonds is 3. The normalized spacial score (nSPS) is 14.6. The number of nitrogens with zero attached hydrogens (tertiary/aromatic N) is 1. The number of carbonyl (C=O) groups excluding carboxylic acids is 1. The van der Waals surface area contributed by atoms with Crippen molar-refractivity contribution in [2.75, 3.05) is 17.2 Å². The average Bonchev–Trinajstić information content (AvgIpc) is 2.27. The highest BCUT2D eigenvalue weighted by atomic mass is 35.5. The van der Waals surface area contributed by atoms with Crippen LogP contribution in [0.25, 0.3) is 0 Å². The molecule has 1 aliphatic rings. The van der Waals surface area contributed by atoms with Crippen molar-refractivity contribution in [3.05, 3.63) is 23.2 Å². The largest absolute Gasteiger partial charge is 0.481 e. The van der Waals surface area contributed by atoms with Gasteiger partial charge in [-0.2, -0.15) is 0 Å². The van der Waals surface area contributed by atoms with Crippen molar-refractivity contribution in [3.8, 4) is 0 Å². The minimum Gasteiger partial charge on any atom is -0.481 e. The number of fused-ring (bicyclic) bond motifs is 1. The van der Waals surface area contributed by atoms with Crippen molar-refractivity contribution >= 4 is 40.9 Å². The fraction of sp³-hybridized carbons (Fsp3) is 0.273. The number of thioether (sulfide) groups is 1. The summed E-state index contributed by atoms with van der Waals surface area (Å²) in [5.41, 5.74) is 0.747. The van der Waals surface area contributed by atoms with Gasteiger partial charge in [0.2, 0.25) is 5.91 Å². The minimum atomic E-state index is -0.911. The molecule has 0 radical (unpaired) electrons. The Kier molecular flexibility index (Phi) is 3.59. The summed E-state index contributed by atoms with van der Waals surface area (Å²) in [5, 5.41) is 9.27. The molecule has 0 saturated carbocycles. The molecule has 1 amide bonds. The lowest BCUT2D eigenvalue weighted by Gasteiger charge is -2.28. The van der Waals surface area contributed by atoms with Gasteiger partial charge >= 0.3 is 5.97 Å². The van der Waals surface area contributed by atoms with E-state index in [4.69, 9.17) is 16.7 Å². The SMILES string of the molecule is O=C(O)CCN1C(=O)CSc2cc(Cl)ccc21. The molecule has 0 spiro atoms. The highest BCUT2D eigenvalue weighted by Gasteiger charge is 2.24. The Balaban J connectivity index is 2.27. The van der Waals surface area contributed by atoms with Crippen LogP contribution in [-0.4, -0.2) is 29.3 Å². The maximum Gasteiger partial charge on any atom is 0.305 e. The molecule has 1 aromatic rings. The topological polar surface area (TPSA) is 57.6 Å². The monoisotopic (exact) mass is 271 g/mol. The molecule has 17 heavy (non-hydrogen) atoms. The molecule has 2 rings (SSSR count). The molecule has 0 atom stereocenters. The summed E-state index contributed by atoms with van der Waals surface area (Å²) >= 11 is 7.30. The Labute approximate surface area is 108 Å². The van der Waals surface area contributed by atoms with E-state index in [0.29, 0.717) is 10.8 Å². The predicted molar refractivity (Wildman–Crippen MR) is 66.8 cm³/mol. The van der Waals surface area contributed by atoms with Crippen molar-refractivity contribution in [1.82, 2.24) is 0 Å². The number of hydrogen-bond donors (Lipinski definition) is 1. The van der Waals surface area contributed by atoms with Crippen LogP contribution in [0, 0.1) is 0 Å². The molecular weight excluding hydrogens is 262 g/mol. The Morgan fingerprint density at radius 1 is 1.53 bits per heavy atom. The van der Waals surface area contributed by atoms with Crippen LogP contribution in [0.4, 0.5) is 5.69 Å². The van der Waals surface area contributed by atoms with Gasteiger partial charge in [0.15, 0.2) is 0 Å². The molecule has 1 aliphatic heterocycles. The number of aliphatic carboxylic acids is 1. The fourth-order valence-electron chi connectivity index (χ4n) is 1.63. The third-order valence-electron chi connectivity index (χ3n) is 2.41. The first-order valence-electron chi connectivity index (χ1n) is 5.02. The number of carboxylic acid groups (broad SMARTS) is 1. The van der Waals surface area contributed by atoms with Gasteiger partial charge in [-0.05, 0) is 18.2 Å². The van der Waals surface area contributed by atoms with Crippen molar-refractivity contribution in [2.24, 2.45) is 0 Å². The van der Waals surface area contributed by atoms with Crippen molar-refractivity contribution in [2.45, 2.75) is 11.3 Å². The molecule has 0 unspecified atom stereocenters. The van der Waals surface area contributed by atoms with Crippen LogP contribution in [0.2, 0.25) is 5.02 Å². The number of carbonyl (C=O) groups is 2. The Morgan fingerprint density at radius 3 is 3.00 bits per heavy atom. The van der Waals surface area contributed by atoms with E-state index in [-0.39, 0.29) is 18.9 Å². The highest BCUT2D eigenvalue weighted by molar-refractivity contribution is 8.00. The summed E-state index contributed by atoms with van der Waals surface area (Å²) in [5.74, 6) is -0.648. The first-order chi connectivity index (χ1) is 8.08. The van der Waals surface area contributed by atoms with E-state index in [1.807, 2.05) is 0 Å².